The first-order chi connectivity index (χ1) is 9.78. The number of hydrogen-bond acceptors (Lipinski definition) is 6. The number of likely N-dealkylation sites (tertiary alicyclic amines) is 1. The third kappa shape index (κ3) is 2.56. The zero-order valence-corrected chi connectivity index (χ0v) is 11.7. The third-order valence-corrected chi connectivity index (χ3v) is 4.10. The van der Waals surface area contributed by atoms with Gasteiger partial charge in [0.15, 0.2) is 0 Å². The van der Waals surface area contributed by atoms with Crippen LogP contribution in [0.5, 0.6) is 0 Å². The maximum atomic E-state index is 12.2. The smallest absolute Gasteiger partial charge is 0.246 e. The maximum absolute atomic E-state index is 12.2. The molecule has 0 radical (unpaired) electrons. The van der Waals surface area contributed by atoms with E-state index in [1.165, 1.54) is 4.80 Å². The first-order valence-electron chi connectivity index (χ1n) is 6.48. The van der Waals surface area contributed by atoms with Crippen LogP contribution in [0, 0.1) is 0 Å². The highest BCUT2D eigenvalue weighted by Crippen LogP contribution is 2.18. The van der Waals surface area contributed by atoms with Crippen LogP contribution in [0.15, 0.2) is 16.8 Å². The van der Waals surface area contributed by atoms with E-state index in [-0.39, 0.29) is 25.1 Å². The molecule has 0 spiro atoms. The molecule has 0 aromatic carbocycles. The predicted molar refractivity (Wildman–Crippen MR) is 73.0 cm³/mol. The minimum atomic E-state index is -0.0733. The lowest BCUT2D eigenvalue weighted by Crippen LogP contribution is -2.39. The molecule has 2 aromatic rings. The zero-order chi connectivity index (χ0) is 13.9. The highest BCUT2D eigenvalue weighted by atomic mass is 32.1. The number of aliphatic hydroxyl groups excluding tert-OH is 1. The van der Waals surface area contributed by atoms with Crippen LogP contribution in [0.3, 0.4) is 0 Å². The van der Waals surface area contributed by atoms with E-state index in [1.807, 2.05) is 16.8 Å². The van der Waals surface area contributed by atoms with Crippen molar-refractivity contribution in [2.75, 3.05) is 13.2 Å². The first kappa shape index (κ1) is 13.2. The monoisotopic (exact) mass is 293 g/mol. The van der Waals surface area contributed by atoms with Crippen molar-refractivity contribution in [2.24, 2.45) is 0 Å². The summed E-state index contributed by atoms with van der Waals surface area (Å²) in [6.07, 6.45) is 1.79. The summed E-state index contributed by atoms with van der Waals surface area (Å²) >= 11 is 1.56. The standard InChI is InChI=1S/C12H15N5O2S/c18-7-10-2-1-4-16(10)11(19)6-17-14-12(13-15-17)9-3-5-20-8-9/h3,5,8,10,18H,1-2,4,6-7H2/t10-/m0/s1. The molecule has 3 heterocycles. The fourth-order valence-corrected chi connectivity index (χ4v) is 3.02. The molecular weight excluding hydrogens is 278 g/mol. The Morgan fingerprint density at radius 3 is 3.20 bits per heavy atom. The lowest BCUT2D eigenvalue weighted by atomic mass is 10.2. The van der Waals surface area contributed by atoms with Gasteiger partial charge in [0, 0.05) is 17.5 Å². The van der Waals surface area contributed by atoms with Crippen LogP contribution in [-0.4, -0.2) is 55.3 Å². The number of nitrogens with zero attached hydrogens (tertiary/aromatic N) is 5. The lowest BCUT2D eigenvalue weighted by molar-refractivity contribution is -0.133. The van der Waals surface area contributed by atoms with E-state index in [2.05, 4.69) is 15.4 Å². The second kappa shape index (κ2) is 5.68. The first-order valence-corrected chi connectivity index (χ1v) is 7.43. The lowest BCUT2D eigenvalue weighted by Gasteiger charge is -2.22. The van der Waals surface area contributed by atoms with Crippen LogP contribution in [0.25, 0.3) is 11.4 Å². The molecule has 20 heavy (non-hydrogen) atoms. The van der Waals surface area contributed by atoms with Crippen LogP contribution in [0.2, 0.25) is 0 Å². The van der Waals surface area contributed by atoms with Crippen LogP contribution < -0.4 is 0 Å². The van der Waals surface area contributed by atoms with Crippen LogP contribution in [-0.2, 0) is 11.3 Å². The Morgan fingerprint density at radius 1 is 1.55 bits per heavy atom. The average Bonchev–Trinajstić information content (AvgIpc) is 3.19. The van der Waals surface area contributed by atoms with E-state index in [1.54, 1.807) is 16.2 Å². The van der Waals surface area contributed by atoms with Crippen molar-refractivity contribution in [2.45, 2.75) is 25.4 Å². The van der Waals surface area contributed by atoms with Gasteiger partial charge in [0.2, 0.25) is 11.7 Å². The van der Waals surface area contributed by atoms with Crippen molar-refractivity contribution >= 4 is 17.2 Å². The van der Waals surface area contributed by atoms with Crippen LogP contribution in [0.1, 0.15) is 12.8 Å². The van der Waals surface area contributed by atoms with E-state index in [0.717, 1.165) is 18.4 Å². The minimum absolute atomic E-state index is 0.0106. The van der Waals surface area contributed by atoms with Crippen molar-refractivity contribution in [3.05, 3.63) is 16.8 Å². The number of carbonyl (C=O) groups is 1. The second-order valence-electron chi connectivity index (χ2n) is 4.72. The Hall–Kier alpha value is -1.80. The van der Waals surface area contributed by atoms with Gasteiger partial charge in [0.1, 0.15) is 6.54 Å². The molecule has 2 aromatic heterocycles. The number of amides is 1. The quantitative estimate of drug-likeness (QED) is 0.881. The Bertz CT molecular complexity index is 582. The van der Waals surface area contributed by atoms with Gasteiger partial charge < -0.3 is 10.0 Å². The molecule has 3 rings (SSSR count). The number of hydrogen-bond donors (Lipinski definition) is 1. The number of carbonyl (C=O) groups excluding carboxylic acids is 1. The highest BCUT2D eigenvalue weighted by molar-refractivity contribution is 7.08. The third-order valence-electron chi connectivity index (χ3n) is 3.42. The van der Waals surface area contributed by atoms with E-state index >= 15 is 0 Å². The summed E-state index contributed by atoms with van der Waals surface area (Å²) in [5, 5.41) is 25.2. The molecule has 0 saturated carbocycles. The Kier molecular flexibility index (Phi) is 3.75. The molecular formula is C12H15N5O2S. The average molecular weight is 293 g/mol. The number of aliphatic hydroxyl groups is 1. The van der Waals surface area contributed by atoms with Gasteiger partial charge >= 0.3 is 0 Å². The number of rotatable bonds is 4. The molecule has 106 valence electrons. The molecule has 1 aliphatic rings. The Labute approximate surface area is 119 Å². The molecule has 0 aliphatic carbocycles. The van der Waals surface area contributed by atoms with E-state index < -0.39 is 0 Å². The van der Waals surface area contributed by atoms with Crippen molar-refractivity contribution in [1.82, 2.24) is 25.1 Å². The largest absolute Gasteiger partial charge is 0.394 e. The van der Waals surface area contributed by atoms with Gasteiger partial charge in [-0.05, 0) is 29.5 Å². The van der Waals surface area contributed by atoms with Crippen LogP contribution >= 0.6 is 11.3 Å². The van der Waals surface area contributed by atoms with Crippen molar-refractivity contribution in [3.63, 3.8) is 0 Å². The summed E-state index contributed by atoms with van der Waals surface area (Å²) in [7, 11) is 0. The van der Waals surface area contributed by atoms with Crippen molar-refractivity contribution in [1.29, 1.82) is 0 Å². The summed E-state index contributed by atoms with van der Waals surface area (Å²) in [4.78, 5) is 15.2. The van der Waals surface area contributed by atoms with Crippen molar-refractivity contribution in [3.8, 4) is 11.4 Å². The van der Waals surface area contributed by atoms with Gasteiger partial charge in [0.25, 0.3) is 0 Å². The minimum Gasteiger partial charge on any atom is -0.394 e. The van der Waals surface area contributed by atoms with Gasteiger partial charge in [-0.3, -0.25) is 4.79 Å². The molecule has 1 N–H and O–H groups in total. The molecule has 1 saturated heterocycles. The van der Waals surface area contributed by atoms with Gasteiger partial charge in [-0.25, -0.2) is 0 Å². The molecule has 7 nitrogen and oxygen atoms in total. The van der Waals surface area contributed by atoms with Gasteiger partial charge in [-0.1, -0.05) is 0 Å². The molecule has 0 bridgehead atoms. The normalized spacial score (nSPS) is 18.6. The van der Waals surface area contributed by atoms with Crippen LogP contribution in [0.4, 0.5) is 0 Å². The van der Waals surface area contributed by atoms with Gasteiger partial charge in [0.05, 0.1) is 12.6 Å². The fourth-order valence-electron chi connectivity index (χ4n) is 2.38. The number of thiophene rings is 1. The Balaban J connectivity index is 1.67. The molecule has 1 fully saturated rings. The SMILES string of the molecule is O=C(Cn1nnc(-c2ccsc2)n1)N1CCC[C@H]1CO. The summed E-state index contributed by atoms with van der Waals surface area (Å²) in [6, 6.07) is 1.85. The molecule has 1 atom stereocenters. The van der Waals surface area contributed by atoms with Gasteiger partial charge in [-0.2, -0.15) is 16.1 Å². The number of aromatic nitrogens is 4. The summed E-state index contributed by atoms with van der Waals surface area (Å²) in [5.74, 6) is 0.454. The molecule has 8 heteroatoms. The summed E-state index contributed by atoms with van der Waals surface area (Å²) in [5.41, 5.74) is 0.906. The second-order valence-corrected chi connectivity index (χ2v) is 5.50. The van der Waals surface area contributed by atoms with E-state index in [0.29, 0.717) is 12.4 Å². The van der Waals surface area contributed by atoms with E-state index in [9.17, 15) is 9.90 Å². The van der Waals surface area contributed by atoms with Gasteiger partial charge in [-0.15, -0.1) is 10.2 Å². The van der Waals surface area contributed by atoms with Crippen molar-refractivity contribution < 1.29 is 9.90 Å². The zero-order valence-electron chi connectivity index (χ0n) is 10.8. The highest BCUT2D eigenvalue weighted by Gasteiger charge is 2.28. The molecule has 0 unspecified atom stereocenters. The predicted octanol–water partition coefficient (Wildman–Crippen LogP) is 0.385. The molecule has 1 amide bonds. The maximum Gasteiger partial charge on any atom is 0.246 e. The summed E-state index contributed by atoms with van der Waals surface area (Å²) in [6.45, 7) is 0.764. The fraction of sp³-hybridized carbons (Fsp3) is 0.500. The number of tetrazole rings is 1. The summed E-state index contributed by atoms with van der Waals surface area (Å²) < 4.78 is 0. The topological polar surface area (TPSA) is 84.1 Å². The van der Waals surface area contributed by atoms with E-state index in [4.69, 9.17) is 0 Å². The molecule has 1 aliphatic heterocycles. The Morgan fingerprint density at radius 2 is 2.45 bits per heavy atom.